The summed E-state index contributed by atoms with van der Waals surface area (Å²) in [5.74, 6) is 0.696. The van der Waals surface area contributed by atoms with Crippen molar-refractivity contribution in [1.82, 2.24) is 0 Å². The first-order valence-corrected chi connectivity index (χ1v) is 7.51. The summed E-state index contributed by atoms with van der Waals surface area (Å²) in [5, 5.41) is 8.92. The van der Waals surface area contributed by atoms with Crippen LogP contribution in [0.3, 0.4) is 0 Å². The average molecular weight is 328 g/mol. The van der Waals surface area contributed by atoms with Crippen molar-refractivity contribution in [1.29, 1.82) is 0 Å². The van der Waals surface area contributed by atoms with Crippen LogP contribution in [0.4, 0.5) is 0 Å². The molecule has 1 N–H and O–H groups in total. The van der Waals surface area contributed by atoms with E-state index in [4.69, 9.17) is 14.6 Å². The minimum atomic E-state index is -0.525. The molecule has 0 radical (unpaired) electrons. The number of carbonyl (C=O) groups excluding carboxylic acids is 2. The molecular weight excluding hydrogens is 308 g/mol. The molecule has 2 aromatic carbocycles. The molecule has 0 fully saturated rings. The minimum Gasteiger partial charge on any atom is -0.457 e. The Kier molecular flexibility index (Phi) is 5.84. The van der Waals surface area contributed by atoms with Gasteiger partial charge in [0, 0.05) is 18.2 Å². The Hall–Kier alpha value is -2.50. The van der Waals surface area contributed by atoms with Gasteiger partial charge in [-0.05, 0) is 49.2 Å². The predicted molar refractivity (Wildman–Crippen MR) is 90.1 cm³/mol. The van der Waals surface area contributed by atoms with Gasteiger partial charge in [-0.1, -0.05) is 12.1 Å². The topological polar surface area (TPSA) is 72.8 Å². The number of carbonyl (C=O) groups is 2. The highest BCUT2D eigenvalue weighted by Crippen LogP contribution is 2.29. The Labute approximate surface area is 140 Å². The van der Waals surface area contributed by atoms with Crippen molar-refractivity contribution in [2.75, 3.05) is 20.3 Å². The van der Waals surface area contributed by atoms with Gasteiger partial charge in [-0.2, -0.15) is 0 Å². The van der Waals surface area contributed by atoms with Crippen LogP contribution in [0, 0.1) is 13.8 Å². The van der Waals surface area contributed by atoms with E-state index < -0.39 is 6.61 Å². The summed E-state index contributed by atoms with van der Waals surface area (Å²) in [6.45, 7) is 3.19. The van der Waals surface area contributed by atoms with Gasteiger partial charge in [0.05, 0.1) is 0 Å². The van der Waals surface area contributed by atoms with Gasteiger partial charge < -0.3 is 14.6 Å². The molecule has 5 heteroatoms. The molecule has 2 aromatic rings. The molecule has 0 aliphatic heterocycles. The molecule has 0 aromatic heterocycles. The second-order valence-corrected chi connectivity index (χ2v) is 5.50. The molecule has 0 bridgehead atoms. The van der Waals surface area contributed by atoms with Gasteiger partial charge in [0.15, 0.2) is 11.6 Å². The van der Waals surface area contributed by atoms with Crippen molar-refractivity contribution >= 4 is 11.6 Å². The fourth-order valence-corrected chi connectivity index (χ4v) is 2.25. The van der Waals surface area contributed by atoms with Crippen LogP contribution in [0.5, 0.6) is 11.5 Å². The van der Waals surface area contributed by atoms with Crippen molar-refractivity contribution < 1.29 is 24.2 Å². The van der Waals surface area contributed by atoms with Gasteiger partial charge in [-0.15, -0.1) is 0 Å². The Morgan fingerprint density at radius 1 is 0.917 bits per heavy atom. The minimum absolute atomic E-state index is 0.0134. The average Bonchev–Trinajstić information content (AvgIpc) is 2.57. The fraction of sp³-hybridized carbons (Fsp3) is 0.263. The summed E-state index contributed by atoms with van der Waals surface area (Å²) in [4.78, 5) is 23.5. The van der Waals surface area contributed by atoms with Crippen LogP contribution in [0.2, 0.25) is 0 Å². The Bertz CT molecular complexity index is 764. The van der Waals surface area contributed by atoms with E-state index in [1.165, 1.54) is 7.11 Å². The van der Waals surface area contributed by atoms with Crippen LogP contribution in [0.15, 0.2) is 36.4 Å². The number of hydrogen-bond acceptors (Lipinski definition) is 5. The maximum Gasteiger partial charge on any atom is 0.188 e. The number of aliphatic hydroxyl groups is 1. The quantitative estimate of drug-likeness (QED) is 0.791. The molecule has 0 saturated heterocycles. The highest BCUT2D eigenvalue weighted by Gasteiger charge is 2.12. The Morgan fingerprint density at radius 3 is 2.21 bits per heavy atom. The van der Waals surface area contributed by atoms with Gasteiger partial charge in [0.1, 0.15) is 24.7 Å². The predicted octanol–water partition coefficient (Wildman–Crippen LogP) is 3.10. The first kappa shape index (κ1) is 17.8. The first-order valence-electron chi connectivity index (χ1n) is 7.51. The molecule has 0 amide bonds. The molecule has 0 atom stereocenters. The van der Waals surface area contributed by atoms with E-state index in [0.717, 1.165) is 11.1 Å². The van der Waals surface area contributed by atoms with E-state index in [1.54, 1.807) is 30.3 Å². The molecule has 0 heterocycles. The zero-order chi connectivity index (χ0) is 17.7. The summed E-state index contributed by atoms with van der Waals surface area (Å²) in [7, 11) is 1.47. The molecule has 0 unspecified atom stereocenters. The van der Waals surface area contributed by atoms with Gasteiger partial charge >= 0.3 is 0 Å². The zero-order valence-electron chi connectivity index (χ0n) is 14.0. The van der Waals surface area contributed by atoms with E-state index in [9.17, 15) is 9.59 Å². The second-order valence-electron chi connectivity index (χ2n) is 5.50. The number of benzene rings is 2. The number of aryl methyl sites for hydroxylation is 2. The number of hydrogen-bond donors (Lipinski definition) is 1. The lowest BCUT2D eigenvalue weighted by molar-refractivity contribution is 0.0847. The monoisotopic (exact) mass is 328 g/mol. The Balaban J connectivity index is 2.29. The normalized spacial score (nSPS) is 10.5. The maximum atomic E-state index is 11.9. The molecule has 0 saturated carbocycles. The first-order chi connectivity index (χ1) is 11.5. The van der Waals surface area contributed by atoms with Gasteiger partial charge in [0.2, 0.25) is 0 Å². The van der Waals surface area contributed by atoms with E-state index in [-0.39, 0.29) is 18.2 Å². The number of aliphatic hydroxyl groups excluding tert-OH is 1. The van der Waals surface area contributed by atoms with Crippen molar-refractivity contribution in [3.05, 3.63) is 58.7 Å². The summed E-state index contributed by atoms with van der Waals surface area (Å²) >= 11 is 0. The smallest absolute Gasteiger partial charge is 0.188 e. The number of ketones is 2. The van der Waals surface area contributed by atoms with Gasteiger partial charge in [-0.25, -0.2) is 0 Å². The van der Waals surface area contributed by atoms with Crippen molar-refractivity contribution in [2.45, 2.75) is 13.8 Å². The molecule has 24 heavy (non-hydrogen) atoms. The van der Waals surface area contributed by atoms with E-state index in [1.807, 2.05) is 19.9 Å². The van der Waals surface area contributed by atoms with Gasteiger partial charge in [0.25, 0.3) is 0 Å². The summed E-state index contributed by atoms with van der Waals surface area (Å²) in [6.07, 6.45) is 0. The van der Waals surface area contributed by atoms with Crippen LogP contribution in [0.25, 0.3) is 0 Å². The van der Waals surface area contributed by atoms with E-state index >= 15 is 0 Å². The highest BCUT2D eigenvalue weighted by molar-refractivity contribution is 5.98. The van der Waals surface area contributed by atoms with Gasteiger partial charge in [-0.3, -0.25) is 9.59 Å². The largest absolute Gasteiger partial charge is 0.457 e. The van der Waals surface area contributed by atoms with Crippen LogP contribution in [-0.4, -0.2) is 37.0 Å². The standard InChI is InChI=1S/C19H20O5/c1-12-4-5-15(17(22)11-23-3)9-19(12)24-18-7-6-14(8-13(18)2)16(21)10-20/h4-9,20H,10-11H2,1-3H3. The number of ether oxygens (including phenoxy) is 2. The lowest BCUT2D eigenvalue weighted by atomic mass is 10.1. The lowest BCUT2D eigenvalue weighted by Gasteiger charge is -2.13. The van der Waals surface area contributed by atoms with Crippen molar-refractivity contribution in [3.8, 4) is 11.5 Å². The fourth-order valence-electron chi connectivity index (χ4n) is 2.25. The SMILES string of the molecule is COCC(=O)c1ccc(C)c(Oc2ccc(C(=O)CO)cc2C)c1. The maximum absolute atomic E-state index is 11.9. The van der Waals surface area contributed by atoms with E-state index in [0.29, 0.717) is 22.6 Å². The summed E-state index contributed by atoms with van der Waals surface area (Å²) in [6, 6.07) is 10.2. The lowest BCUT2D eigenvalue weighted by Crippen LogP contribution is -2.07. The Morgan fingerprint density at radius 2 is 1.58 bits per heavy atom. The second kappa shape index (κ2) is 7.86. The molecule has 0 aliphatic rings. The molecule has 126 valence electrons. The third kappa shape index (κ3) is 4.07. The van der Waals surface area contributed by atoms with E-state index in [2.05, 4.69) is 0 Å². The zero-order valence-corrected chi connectivity index (χ0v) is 14.0. The number of Topliss-reactive ketones (excluding diaryl/α,β-unsaturated/α-hetero) is 2. The van der Waals surface area contributed by atoms with Crippen molar-refractivity contribution in [2.24, 2.45) is 0 Å². The highest BCUT2D eigenvalue weighted by atomic mass is 16.5. The molecule has 2 rings (SSSR count). The van der Waals surface area contributed by atoms with Crippen LogP contribution in [0.1, 0.15) is 31.8 Å². The van der Waals surface area contributed by atoms with Crippen LogP contribution in [-0.2, 0) is 4.74 Å². The molecule has 0 aliphatic carbocycles. The van der Waals surface area contributed by atoms with Crippen molar-refractivity contribution in [3.63, 3.8) is 0 Å². The van der Waals surface area contributed by atoms with Crippen LogP contribution < -0.4 is 4.74 Å². The third-order valence-electron chi connectivity index (χ3n) is 3.65. The number of rotatable bonds is 7. The molecular formula is C19H20O5. The molecule has 5 nitrogen and oxygen atoms in total. The van der Waals surface area contributed by atoms with Crippen LogP contribution >= 0.6 is 0 Å². The molecule has 0 spiro atoms. The third-order valence-corrected chi connectivity index (χ3v) is 3.65. The summed E-state index contributed by atoms with van der Waals surface area (Å²) in [5.41, 5.74) is 2.60. The summed E-state index contributed by atoms with van der Waals surface area (Å²) < 4.78 is 10.8. The number of methoxy groups -OCH3 is 1.